The number of alkyl halides is 1. The molecule has 13 heavy (non-hydrogen) atoms. The first-order valence-corrected chi connectivity index (χ1v) is 5.13. The summed E-state index contributed by atoms with van der Waals surface area (Å²) in [5, 5.41) is 18.6. The molecule has 1 aromatic carbocycles. The summed E-state index contributed by atoms with van der Waals surface area (Å²) in [6.45, 7) is 0. The lowest BCUT2D eigenvalue weighted by Gasteiger charge is -2.03. The van der Waals surface area contributed by atoms with E-state index in [0.717, 1.165) is 16.5 Å². The van der Waals surface area contributed by atoms with E-state index in [4.69, 9.17) is 5.26 Å². The Balaban J connectivity index is 2.80. The van der Waals surface area contributed by atoms with E-state index < -0.39 is 0 Å². The van der Waals surface area contributed by atoms with Crippen LogP contribution in [0.5, 0.6) is 5.75 Å². The third-order valence-electron chi connectivity index (χ3n) is 1.81. The molecule has 0 heterocycles. The van der Waals surface area contributed by atoms with Crippen molar-refractivity contribution < 1.29 is 5.11 Å². The Bertz CT molecular complexity index is 330. The number of benzene rings is 1. The molecule has 0 aliphatic rings. The molecule has 0 saturated carbocycles. The standard InChI is InChI=1S/C10H10BrNO/c11-7-8-3-4-9(2-1-5-12)10(13)6-8/h3-4,6,13H,1-2,7H2. The van der Waals surface area contributed by atoms with Crippen LogP contribution in [0.4, 0.5) is 0 Å². The summed E-state index contributed by atoms with van der Waals surface area (Å²) in [6.07, 6.45) is 1.06. The molecule has 68 valence electrons. The highest BCUT2D eigenvalue weighted by Crippen LogP contribution is 2.21. The van der Waals surface area contributed by atoms with Gasteiger partial charge in [-0.2, -0.15) is 5.26 Å². The van der Waals surface area contributed by atoms with E-state index in [1.807, 2.05) is 12.1 Å². The molecule has 0 aliphatic carbocycles. The number of rotatable bonds is 3. The zero-order chi connectivity index (χ0) is 9.68. The van der Waals surface area contributed by atoms with Gasteiger partial charge in [0.25, 0.3) is 0 Å². The van der Waals surface area contributed by atoms with E-state index in [2.05, 4.69) is 22.0 Å². The van der Waals surface area contributed by atoms with Gasteiger partial charge in [-0.05, 0) is 23.6 Å². The largest absolute Gasteiger partial charge is 0.508 e. The van der Waals surface area contributed by atoms with Crippen molar-refractivity contribution >= 4 is 15.9 Å². The summed E-state index contributed by atoms with van der Waals surface area (Å²) in [5.74, 6) is 0.284. The van der Waals surface area contributed by atoms with Gasteiger partial charge in [-0.25, -0.2) is 0 Å². The monoisotopic (exact) mass is 239 g/mol. The summed E-state index contributed by atoms with van der Waals surface area (Å²) in [5.41, 5.74) is 1.88. The van der Waals surface area contributed by atoms with E-state index in [1.165, 1.54) is 0 Å². The Hall–Kier alpha value is -1.01. The van der Waals surface area contributed by atoms with Crippen LogP contribution in [0.1, 0.15) is 17.5 Å². The second kappa shape index (κ2) is 4.88. The predicted molar refractivity (Wildman–Crippen MR) is 54.7 cm³/mol. The van der Waals surface area contributed by atoms with Crippen molar-refractivity contribution in [2.45, 2.75) is 18.2 Å². The van der Waals surface area contributed by atoms with Gasteiger partial charge in [-0.1, -0.05) is 28.1 Å². The van der Waals surface area contributed by atoms with Crippen LogP contribution in [0.25, 0.3) is 0 Å². The fraction of sp³-hybridized carbons (Fsp3) is 0.300. The lowest BCUT2D eigenvalue weighted by molar-refractivity contribution is 0.467. The second-order valence-corrected chi connectivity index (χ2v) is 3.32. The highest BCUT2D eigenvalue weighted by atomic mass is 79.9. The van der Waals surface area contributed by atoms with Crippen LogP contribution in [0.3, 0.4) is 0 Å². The number of phenols is 1. The van der Waals surface area contributed by atoms with Crippen LogP contribution >= 0.6 is 15.9 Å². The Morgan fingerprint density at radius 3 is 2.77 bits per heavy atom. The van der Waals surface area contributed by atoms with Gasteiger partial charge in [0.2, 0.25) is 0 Å². The fourth-order valence-electron chi connectivity index (χ4n) is 1.09. The molecule has 1 N–H and O–H groups in total. The number of halogens is 1. The average molecular weight is 240 g/mol. The van der Waals surface area contributed by atoms with E-state index in [0.29, 0.717) is 12.8 Å². The van der Waals surface area contributed by atoms with Gasteiger partial charge in [-0.3, -0.25) is 0 Å². The first-order chi connectivity index (χ1) is 6.27. The topological polar surface area (TPSA) is 44.0 Å². The summed E-state index contributed by atoms with van der Waals surface area (Å²) in [6, 6.07) is 7.59. The normalized spacial score (nSPS) is 9.54. The number of hydrogen-bond acceptors (Lipinski definition) is 2. The van der Waals surface area contributed by atoms with E-state index >= 15 is 0 Å². The third kappa shape index (κ3) is 2.74. The number of aryl methyl sites for hydroxylation is 1. The first kappa shape index (κ1) is 10.1. The van der Waals surface area contributed by atoms with Crippen molar-refractivity contribution in [1.29, 1.82) is 5.26 Å². The van der Waals surface area contributed by atoms with Gasteiger partial charge in [0.1, 0.15) is 5.75 Å². The van der Waals surface area contributed by atoms with Crippen molar-refractivity contribution in [2.24, 2.45) is 0 Å². The maximum absolute atomic E-state index is 9.52. The van der Waals surface area contributed by atoms with E-state index in [1.54, 1.807) is 6.07 Å². The van der Waals surface area contributed by atoms with Crippen LogP contribution in [0, 0.1) is 11.3 Å². The van der Waals surface area contributed by atoms with Gasteiger partial charge >= 0.3 is 0 Å². The molecule has 0 aliphatic heterocycles. The molecule has 1 rings (SSSR count). The molecule has 0 amide bonds. The highest BCUT2D eigenvalue weighted by Gasteiger charge is 2.01. The van der Waals surface area contributed by atoms with E-state index in [-0.39, 0.29) is 5.75 Å². The molecular weight excluding hydrogens is 230 g/mol. The molecule has 0 aromatic heterocycles. The number of nitriles is 1. The summed E-state index contributed by atoms with van der Waals surface area (Å²) in [7, 11) is 0. The minimum Gasteiger partial charge on any atom is -0.508 e. The lowest BCUT2D eigenvalue weighted by atomic mass is 10.1. The summed E-state index contributed by atoms with van der Waals surface area (Å²) in [4.78, 5) is 0. The van der Waals surface area contributed by atoms with Crippen molar-refractivity contribution in [1.82, 2.24) is 0 Å². The van der Waals surface area contributed by atoms with Crippen molar-refractivity contribution in [3.8, 4) is 11.8 Å². The van der Waals surface area contributed by atoms with Crippen molar-refractivity contribution in [2.75, 3.05) is 0 Å². The molecule has 3 heteroatoms. The number of hydrogen-bond donors (Lipinski definition) is 1. The number of aromatic hydroxyl groups is 1. The SMILES string of the molecule is N#CCCc1ccc(CBr)cc1O. The zero-order valence-electron chi connectivity index (χ0n) is 7.13. The Morgan fingerprint density at radius 2 is 2.23 bits per heavy atom. The summed E-state index contributed by atoms with van der Waals surface area (Å²) < 4.78 is 0. The number of nitrogens with zero attached hydrogens (tertiary/aromatic N) is 1. The predicted octanol–water partition coefficient (Wildman–Crippen LogP) is 2.74. The molecule has 0 unspecified atom stereocenters. The van der Waals surface area contributed by atoms with Crippen molar-refractivity contribution in [3.63, 3.8) is 0 Å². The summed E-state index contributed by atoms with van der Waals surface area (Å²) >= 11 is 3.31. The highest BCUT2D eigenvalue weighted by molar-refractivity contribution is 9.08. The van der Waals surface area contributed by atoms with Crippen LogP contribution in [-0.2, 0) is 11.8 Å². The Morgan fingerprint density at radius 1 is 1.46 bits per heavy atom. The molecule has 0 radical (unpaired) electrons. The van der Waals surface area contributed by atoms with Gasteiger partial charge in [-0.15, -0.1) is 0 Å². The van der Waals surface area contributed by atoms with E-state index in [9.17, 15) is 5.11 Å². The molecule has 2 nitrogen and oxygen atoms in total. The quantitative estimate of drug-likeness (QED) is 0.825. The zero-order valence-corrected chi connectivity index (χ0v) is 8.71. The maximum Gasteiger partial charge on any atom is 0.119 e. The minimum absolute atomic E-state index is 0.284. The maximum atomic E-state index is 9.52. The number of phenolic OH excluding ortho intramolecular Hbond substituents is 1. The molecule has 0 saturated heterocycles. The lowest BCUT2D eigenvalue weighted by Crippen LogP contribution is -1.86. The van der Waals surface area contributed by atoms with Gasteiger partial charge in [0, 0.05) is 11.8 Å². The molecule has 0 spiro atoms. The third-order valence-corrected chi connectivity index (χ3v) is 2.46. The molecule has 0 bridgehead atoms. The Labute approximate surface area is 85.9 Å². The molecular formula is C10H10BrNO. The average Bonchev–Trinajstić information content (AvgIpc) is 2.16. The van der Waals surface area contributed by atoms with Crippen LogP contribution in [0.15, 0.2) is 18.2 Å². The van der Waals surface area contributed by atoms with Gasteiger partial charge in [0.15, 0.2) is 0 Å². The van der Waals surface area contributed by atoms with Crippen LogP contribution in [0.2, 0.25) is 0 Å². The molecule has 0 fully saturated rings. The molecule has 1 aromatic rings. The minimum atomic E-state index is 0.284. The second-order valence-electron chi connectivity index (χ2n) is 2.75. The van der Waals surface area contributed by atoms with Crippen molar-refractivity contribution in [3.05, 3.63) is 29.3 Å². The van der Waals surface area contributed by atoms with Gasteiger partial charge < -0.3 is 5.11 Å². The van der Waals surface area contributed by atoms with Gasteiger partial charge in [0.05, 0.1) is 6.07 Å². The first-order valence-electron chi connectivity index (χ1n) is 4.01. The smallest absolute Gasteiger partial charge is 0.119 e. The Kier molecular flexibility index (Phi) is 3.78. The van der Waals surface area contributed by atoms with Crippen LogP contribution in [-0.4, -0.2) is 5.11 Å². The fourth-order valence-corrected chi connectivity index (χ4v) is 1.44. The molecule has 0 atom stereocenters. The van der Waals surface area contributed by atoms with Crippen LogP contribution < -0.4 is 0 Å².